The molecule has 2 N–H and O–H groups in total. The summed E-state index contributed by atoms with van der Waals surface area (Å²) < 4.78 is 36.4. The fourth-order valence-electron chi connectivity index (χ4n) is 1.57. The van der Waals surface area contributed by atoms with Crippen molar-refractivity contribution in [3.8, 4) is 5.75 Å². The van der Waals surface area contributed by atoms with Crippen molar-refractivity contribution in [1.82, 2.24) is 4.31 Å². The summed E-state index contributed by atoms with van der Waals surface area (Å²) in [6.45, 7) is 6.55. The van der Waals surface area contributed by atoms with E-state index in [1.165, 1.54) is 20.2 Å². The van der Waals surface area contributed by atoms with Crippen molar-refractivity contribution in [3.05, 3.63) is 18.2 Å². The standard InChI is InChI=1S/C14H24N2O4S/c1-14(2,3)20-10-9-19-11-7-6-8-12(13(11)15)21(17,18)16(4)5/h6-8H,9-10,15H2,1-5H3. The molecule has 0 atom stereocenters. The van der Waals surface area contributed by atoms with Crippen LogP contribution in [0.4, 0.5) is 5.69 Å². The van der Waals surface area contributed by atoms with Gasteiger partial charge in [0.1, 0.15) is 17.3 Å². The lowest BCUT2D eigenvalue weighted by atomic mass is 10.2. The molecule has 0 spiro atoms. The first kappa shape index (κ1) is 17.7. The van der Waals surface area contributed by atoms with Crippen LogP contribution in [-0.2, 0) is 14.8 Å². The second kappa shape index (κ2) is 6.64. The minimum atomic E-state index is -3.59. The van der Waals surface area contributed by atoms with Crippen LogP contribution in [0.25, 0.3) is 0 Å². The number of nitrogens with zero attached hydrogens (tertiary/aromatic N) is 1. The molecule has 1 aromatic rings. The third-order valence-electron chi connectivity index (χ3n) is 2.66. The lowest BCUT2D eigenvalue weighted by Crippen LogP contribution is -2.24. The molecule has 1 rings (SSSR count). The van der Waals surface area contributed by atoms with Gasteiger partial charge in [0.2, 0.25) is 10.0 Å². The van der Waals surface area contributed by atoms with E-state index in [1.54, 1.807) is 12.1 Å². The molecule has 1 aromatic carbocycles. The number of rotatable bonds is 6. The third-order valence-corrected chi connectivity index (χ3v) is 4.53. The van der Waals surface area contributed by atoms with E-state index in [4.69, 9.17) is 15.2 Å². The Bertz CT molecular complexity index is 577. The smallest absolute Gasteiger partial charge is 0.244 e. The summed E-state index contributed by atoms with van der Waals surface area (Å²) >= 11 is 0. The Labute approximate surface area is 126 Å². The van der Waals surface area contributed by atoms with Crippen molar-refractivity contribution in [1.29, 1.82) is 0 Å². The van der Waals surface area contributed by atoms with Gasteiger partial charge in [-0.2, -0.15) is 0 Å². The molecule has 0 unspecified atom stereocenters. The number of nitrogen functional groups attached to an aromatic ring is 1. The van der Waals surface area contributed by atoms with Crippen LogP contribution in [0.15, 0.2) is 23.1 Å². The number of benzene rings is 1. The third kappa shape index (κ3) is 4.87. The zero-order valence-electron chi connectivity index (χ0n) is 13.2. The molecule has 0 aliphatic heterocycles. The highest BCUT2D eigenvalue weighted by atomic mass is 32.2. The lowest BCUT2D eigenvalue weighted by molar-refractivity contribution is -0.0162. The molecule has 0 saturated heterocycles. The molecule has 0 radical (unpaired) electrons. The number of para-hydroxylation sites is 1. The highest BCUT2D eigenvalue weighted by Crippen LogP contribution is 2.30. The number of hydrogen-bond acceptors (Lipinski definition) is 5. The van der Waals surface area contributed by atoms with Gasteiger partial charge in [-0.05, 0) is 32.9 Å². The Morgan fingerprint density at radius 3 is 2.33 bits per heavy atom. The van der Waals surface area contributed by atoms with Gasteiger partial charge in [-0.3, -0.25) is 0 Å². The summed E-state index contributed by atoms with van der Waals surface area (Å²) in [6, 6.07) is 4.71. The van der Waals surface area contributed by atoms with E-state index >= 15 is 0 Å². The van der Waals surface area contributed by atoms with Gasteiger partial charge in [-0.25, -0.2) is 12.7 Å². The minimum absolute atomic E-state index is 0.0433. The quantitative estimate of drug-likeness (QED) is 0.638. The fourth-order valence-corrected chi connectivity index (χ4v) is 2.59. The Morgan fingerprint density at radius 1 is 1.19 bits per heavy atom. The SMILES string of the molecule is CN(C)S(=O)(=O)c1cccc(OCCOC(C)(C)C)c1N. The number of anilines is 1. The number of sulfonamides is 1. The van der Waals surface area contributed by atoms with E-state index < -0.39 is 10.0 Å². The average molecular weight is 316 g/mol. The predicted octanol–water partition coefficient (Wildman–Crippen LogP) is 1.71. The van der Waals surface area contributed by atoms with Gasteiger partial charge in [0.05, 0.1) is 17.9 Å². The van der Waals surface area contributed by atoms with Gasteiger partial charge in [-0.15, -0.1) is 0 Å². The van der Waals surface area contributed by atoms with Crippen molar-refractivity contribution in [2.75, 3.05) is 33.0 Å². The molecule has 0 fully saturated rings. The van der Waals surface area contributed by atoms with Gasteiger partial charge in [0, 0.05) is 14.1 Å². The topological polar surface area (TPSA) is 81.9 Å². The fraction of sp³-hybridized carbons (Fsp3) is 0.571. The maximum absolute atomic E-state index is 12.1. The van der Waals surface area contributed by atoms with E-state index in [0.29, 0.717) is 19.0 Å². The summed E-state index contributed by atoms with van der Waals surface area (Å²) in [7, 11) is -0.671. The van der Waals surface area contributed by atoms with Gasteiger partial charge >= 0.3 is 0 Å². The van der Waals surface area contributed by atoms with Crippen LogP contribution in [0.5, 0.6) is 5.75 Å². The summed E-state index contributed by atoms with van der Waals surface area (Å²) in [6.07, 6.45) is 0. The molecule has 0 aliphatic rings. The van der Waals surface area contributed by atoms with Crippen LogP contribution in [0.3, 0.4) is 0 Å². The number of hydrogen-bond donors (Lipinski definition) is 1. The van der Waals surface area contributed by atoms with Crippen LogP contribution < -0.4 is 10.5 Å². The first-order valence-corrected chi connectivity index (χ1v) is 8.07. The Balaban J connectivity index is 2.83. The van der Waals surface area contributed by atoms with Crippen molar-refractivity contribution in [2.45, 2.75) is 31.3 Å². The van der Waals surface area contributed by atoms with Crippen molar-refractivity contribution >= 4 is 15.7 Å². The molecule has 0 saturated carbocycles. The van der Waals surface area contributed by atoms with E-state index in [0.717, 1.165) is 4.31 Å². The van der Waals surface area contributed by atoms with Crippen molar-refractivity contribution < 1.29 is 17.9 Å². The number of nitrogens with two attached hydrogens (primary N) is 1. The van der Waals surface area contributed by atoms with Gasteiger partial charge in [-0.1, -0.05) is 6.07 Å². The van der Waals surface area contributed by atoms with Gasteiger partial charge < -0.3 is 15.2 Å². The lowest BCUT2D eigenvalue weighted by Gasteiger charge is -2.20. The first-order chi connectivity index (χ1) is 9.55. The summed E-state index contributed by atoms with van der Waals surface area (Å²) in [5.74, 6) is 0.343. The molecule has 21 heavy (non-hydrogen) atoms. The molecular weight excluding hydrogens is 292 g/mol. The zero-order chi connectivity index (χ0) is 16.3. The summed E-state index contributed by atoms with van der Waals surface area (Å²) in [5, 5.41) is 0. The molecule has 0 heterocycles. The monoisotopic (exact) mass is 316 g/mol. The summed E-state index contributed by atoms with van der Waals surface area (Å²) in [4.78, 5) is 0.0433. The Kier molecular flexibility index (Phi) is 5.61. The molecule has 0 bridgehead atoms. The average Bonchev–Trinajstić information content (AvgIpc) is 2.34. The van der Waals surface area contributed by atoms with Gasteiger partial charge in [0.25, 0.3) is 0 Å². The predicted molar refractivity (Wildman–Crippen MR) is 82.9 cm³/mol. The summed E-state index contributed by atoms with van der Waals surface area (Å²) in [5.41, 5.74) is 5.77. The second-order valence-corrected chi connectivity index (χ2v) is 7.88. The maximum Gasteiger partial charge on any atom is 0.244 e. The molecule has 0 aliphatic carbocycles. The molecule has 120 valence electrons. The first-order valence-electron chi connectivity index (χ1n) is 6.63. The van der Waals surface area contributed by atoms with E-state index in [9.17, 15) is 8.42 Å². The molecule has 0 amide bonds. The normalized spacial score (nSPS) is 12.7. The van der Waals surface area contributed by atoms with Crippen LogP contribution >= 0.6 is 0 Å². The minimum Gasteiger partial charge on any atom is -0.489 e. The second-order valence-electron chi connectivity index (χ2n) is 5.76. The molecule has 7 heteroatoms. The van der Waals surface area contributed by atoms with E-state index in [2.05, 4.69) is 0 Å². The van der Waals surface area contributed by atoms with Crippen LogP contribution in [-0.4, -0.2) is 45.6 Å². The Hall–Kier alpha value is -1.31. The Morgan fingerprint density at radius 2 is 1.81 bits per heavy atom. The van der Waals surface area contributed by atoms with Crippen molar-refractivity contribution in [2.24, 2.45) is 0 Å². The highest BCUT2D eigenvalue weighted by Gasteiger charge is 2.22. The van der Waals surface area contributed by atoms with E-state index in [-0.39, 0.29) is 16.2 Å². The molecule has 0 aromatic heterocycles. The van der Waals surface area contributed by atoms with Gasteiger partial charge in [0.15, 0.2) is 0 Å². The maximum atomic E-state index is 12.1. The zero-order valence-corrected chi connectivity index (χ0v) is 14.0. The molecule has 6 nitrogen and oxygen atoms in total. The van der Waals surface area contributed by atoms with Crippen LogP contribution in [0, 0.1) is 0 Å². The number of ether oxygens (including phenoxy) is 2. The molecular formula is C14H24N2O4S. The highest BCUT2D eigenvalue weighted by molar-refractivity contribution is 7.89. The van der Waals surface area contributed by atoms with Crippen LogP contribution in [0.1, 0.15) is 20.8 Å². The van der Waals surface area contributed by atoms with Crippen molar-refractivity contribution in [3.63, 3.8) is 0 Å². The van der Waals surface area contributed by atoms with Crippen LogP contribution in [0.2, 0.25) is 0 Å². The largest absolute Gasteiger partial charge is 0.489 e. The van der Waals surface area contributed by atoms with E-state index in [1.807, 2.05) is 20.8 Å².